The SMILES string of the molecule is CCc1ccc(CC2(O)CC(C)(C)OC2(C)C)nc1. The van der Waals surface area contributed by atoms with Crippen LogP contribution in [0.1, 0.15) is 52.3 Å². The number of pyridine rings is 1. The van der Waals surface area contributed by atoms with Crippen LogP contribution in [-0.4, -0.2) is 26.9 Å². The average Bonchev–Trinajstić information content (AvgIpc) is 2.43. The third kappa shape index (κ3) is 2.82. The van der Waals surface area contributed by atoms with Gasteiger partial charge in [-0.05, 0) is 45.7 Å². The van der Waals surface area contributed by atoms with Crippen molar-refractivity contribution in [3.8, 4) is 0 Å². The van der Waals surface area contributed by atoms with Gasteiger partial charge in [-0.2, -0.15) is 0 Å². The zero-order valence-electron chi connectivity index (χ0n) is 12.7. The molecule has 0 bridgehead atoms. The van der Waals surface area contributed by atoms with Gasteiger partial charge in [-0.25, -0.2) is 0 Å². The Morgan fingerprint density at radius 1 is 1.26 bits per heavy atom. The lowest BCUT2D eigenvalue weighted by Gasteiger charge is -2.34. The number of aliphatic hydroxyl groups is 1. The summed E-state index contributed by atoms with van der Waals surface area (Å²) < 4.78 is 5.99. The number of ether oxygens (including phenoxy) is 1. The maximum atomic E-state index is 11.0. The summed E-state index contributed by atoms with van der Waals surface area (Å²) in [7, 11) is 0. The van der Waals surface area contributed by atoms with Gasteiger partial charge in [0.2, 0.25) is 0 Å². The highest BCUT2D eigenvalue weighted by Gasteiger charge is 2.56. The number of aryl methyl sites for hydroxylation is 1. The van der Waals surface area contributed by atoms with Crippen LogP contribution in [0.3, 0.4) is 0 Å². The number of rotatable bonds is 3. The maximum Gasteiger partial charge on any atom is 0.101 e. The molecular formula is C16H25NO2. The Kier molecular flexibility index (Phi) is 3.48. The lowest BCUT2D eigenvalue weighted by Crippen LogP contribution is -2.48. The summed E-state index contributed by atoms with van der Waals surface area (Å²) in [6.07, 6.45) is 4.05. The predicted molar refractivity (Wildman–Crippen MR) is 76.1 cm³/mol. The molecule has 0 aliphatic carbocycles. The van der Waals surface area contributed by atoms with Crippen molar-refractivity contribution in [1.82, 2.24) is 4.98 Å². The number of nitrogens with zero attached hydrogens (tertiary/aromatic N) is 1. The van der Waals surface area contributed by atoms with Crippen molar-refractivity contribution in [2.24, 2.45) is 0 Å². The van der Waals surface area contributed by atoms with E-state index < -0.39 is 11.2 Å². The van der Waals surface area contributed by atoms with Crippen LogP contribution < -0.4 is 0 Å². The van der Waals surface area contributed by atoms with Crippen LogP contribution in [0, 0.1) is 0 Å². The summed E-state index contributed by atoms with van der Waals surface area (Å²) in [5, 5.41) is 11.0. The van der Waals surface area contributed by atoms with Gasteiger partial charge in [0, 0.05) is 24.7 Å². The number of hydrogen-bond acceptors (Lipinski definition) is 3. The average molecular weight is 263 g/mol. The van der Waals surface area contributed by atoms with Crippen LogP contribution in [0.4, 0.5) is 0 Å². The number of aromatic nitrogens is 1. The highest BCUT2D eigenvalue weighted by Crippen LogP contribution is 2.46. The van der Waals surface area contributed by atoms with E-state index in [1.807, 2.05) is 40.0 Å². The van der Waals surface area contributed by atoms with E-state index in [0.717, 1.165) is 12.1 Å². The molecule has 0 amide bonds. The molecule has 0 aromatic carbocycles. The van der Waals surface area contributed by atoms with Crippen LogP contribution in [0.15, 0.2) is 18.3 Å². The molecule has 1 aliphatic heterocycles. The molecule has 1 aromatic heterocycles. The van der Waals surface area contributed by atoms with Crippen molar-refractivity contribution in [3.63, 3.8) is 0 Å². The molecule has 0 spiro atoms. The van der Waals surface area contributed by atoms with Gasteiger partial charge >= 0.3 is 0 Å². The van der Waals surface area contributed by atoms with E-state index in [2.05, 4.69) is 18.0 Å². The van der Waals surface area contributed by atoms with E-state index in [4.69, 9.17) is 4.74 Å². The second-order valence-corrected chi connectivity index (χ2v) is 6.77. The van der Waals surface area contributed by atoms with Crippen molar-refractivity contribution < 1.29 is 9.84 Å². The molecule has 2 heterocycles. The van der Waals surface area contributed by atoms with Crippen LogP contribution in [0.5, 0.6) is 0 Å². The first-order valence-corrected chi connectivity index (χ1v) is 7.04. The normalized spacial score (nSPS) is 28.5. The zero-order valence-corrected chi connectivity index (χ0v) is 12.7. The molecule has 1 N–H and O–H groups in total. The van der Waals surface area contributed by atoms with E-state index in [-0.39, 0.29) is 5.60 Å². The van der Waals surface area contributed by atoms with Crippen LogP contribution >= 0.6 is 0 Å². The lowest BCUT2D eigenvalue weighted by molar-refractivity contribution is -0.126. The van der Waals surface area contributed by atoms with Crippen LogP contribution in [0.25, 0.3) is 0 Å². The smallest absolute Gasteiger partial charge is 0.101 e. The first kappa shape index (κ1) is 14.5. The summed E-state index contributed by atoms with van der Waals surface area (Å²) in [4.78, 5) is 4.46. The number of hydrogen-bond donors (Lipinski definition) is 1. The fraction of sp³-hybridized carbons (Fsp3) is 0.688. The van der Waals surface area contributed by atoms with E-state index in [9.17, 15) is 5.11 Å². The third-order valence-electron chi connectivity index (χ3n) is 4.14. The van der Waals surface area contributed by atoms with E-state index in [0.29, 0.717) is 12.8 Å². The minimum absolute atomic E-state index is 0.290. The van der Waals surface area contributed by atoms with E-state index >= 15 is 0 Å². The van der Waals surface area contributed by atoms with Crippen molar-refractivity contribution in [2.45, 2.75) is 70.7 Å². The highest BCUT2D eigenvalue weighted by molar-refractivity contribution is 5.18. The van der Waals surface area contributed by atoms with Gasteiger partial charge in [0.05, 0.1) is 11.2 Å². The standard InChI is InChI=1S/C16H25NO2/c1-6-12-7-8-13(17-10-12)9-16(18)11-14(2,3)19-15(16,4)5/h7-8,10,18H,6,9,11H2,1-5H3. The van der Waals surface area contributed by atoms with Crippen molar-refractivity contribution >= 4 is 0 Å². The third-order valence-corrected chi connectivity index (χ3v) is 4.14. The van der Waals surface area contributed by atoms with Gasteiger partial charge in [-0.3, -0.25) is 4.98 Å². The molecule has 1 unspecified atom stereocenters. The molecule has 1 aliphatic rings. The summed E-state index contributed by atoms with van der Waals surface area (Å²) in [6.45, 7) is 10.1. The fourth-order valence-corrected chi connectivity index (χ4v) is 3.08. The first-order valence-electron chi connectivity index (χ1n) is 7.04. The quantitative estimate of drug-likeness (QED) is 0.911. The van der Waals surface area contributed by atoms with E-state index in [1.54, 1.807) is 0 Å². The summed E-state index contributed by atoms with van der Waals surface area (Å²) >= 11 is 0. The Morgan fingerprint density at radius 2 is 1.95 bits per heavy atom. The Morgan fingerprint density at radius 3 is 2.37 bits per heavy atom. The molecule has 19 heavy (non-hydrogen) atoms. The Bertz CT molecular complexity index is 450. The van der Waals surface area contributed by atoms with Gasteiger partial charge in [0.15, 0.2) is 0 Å². The van der Waals surface area contributed by atoms with E-state index in [1.165, 1.54) is 5.56 Å². The van der Waals surface area contributed by atoms with Crippen molar-refractivity contribution in [2.75, 3.05) is 0 Å². The minimum atomic E-state index is -0.864. The van der Waals surface area contributed by atoms with Gasteiger partial charge in [0.25, 0.3) is 0 Å². The second kappa shape index (κ2) is 4.57. The molecule has 1 aromatic rings. The zero-order chi connectivity index (χ0) is 14.3. The first-order chi connectivity index (χ1) is 8.67. The summed E-state index contributed by atoms with van der Waals surface area (Å²) in [5.74, 6) is 0. The molecule has 0 radical (unpaired) electrons. The lowest BCUT2D eigenvalue weighted by atomic mass is 9.79. The summed E-state index contributed by atoms with van der Waals surface area (Å²) in [5.41, 5.74) is 0.438. The topological polar surface area (TPSA) is 42.4 Å². The molecule has 1 fully saturated rings. The monoisotopic (exact) mass is 263 g/mol. The molecular weight excluding hydrogens is 238 g/mol. The fourth-order valence-electron chi connectivity index (χ4n) is 3.08. The minimum Gasteiger partial charge on any atom is -0.386 e. The van der Waals surface area contributed by atoms with Gasteiger partial charge in [-0.15, -0.1) is 0 Å². The van der Waals surface area contributed by atoms with Gasteiger partial charge in [0.1, 0.15) is 5.60 Å². The molecule has 2 rings (SSSR count). The molecule has 1 atom stereocenters. The van der Waals surface area contributed by atoms with Crippen LogP contribution in [0.2, 0.25) is 0 Å². The Labute approximate surface area is 116 Å². The molecule has 106 valence electrons. The maximum absolute atomic E-state index is 11.0. The summed E-state index contributed by atoms with van der Waals surface area (Å²) in [6, 6.07) is 4.10. The second-order valence-electron chi connectivity index (χ2n) is 6.77. The van der Waals surface area contributed by atoms with Gasteiger partial charge in [-0.1, -0.05) is 13.0 Å². The Balaban J connectivity index is 2.21. The Hall–Kier alpha value is -0.930. The van der Waals surface area contributed by atoms with Crippen LogP contribution in [-0.2, 0) is 17.6 Å². The molecule has 3 nitrogen and oxygen atoms in total. The van der Waals surface area contributed by atoms with Crippen molar-refractivity contribution in [3.05, 3.63) is 29.6 Å². The highest BCUT2D eigenvalue weighted by atomic mass is 16.5. The molecule has 3 heteroatoms. The van der Waals surface area contributed by atoms with Crippen molar-refractivity contribution in [1.29, 1.82) is 0 Å². The predicted octanol–water partition coefficient (Wildman–Crippen LogP) is 2.90. The molecule has 1 saturated heterocycles. The largest absolute Gasteiger partial charge is 0.386 e. The molecule has 0 saturated carbocycles. The van der Waals surface area contributed by atoms with Gasteiger partial charge < -0.3 is 9.84 Å².